The molecule has 1 aliphatic carbocycles. The van der Waals surface area contributed by atoms with Gasteiger partial charge in [-0.3, -0.25) is 4.79 Å². The molecule has 0 bridgehead atoms. The Balaban J connectivity index is 2.71. The van der Waals surface area contributed by atoms with E-state index in [4.69, 9.17) is 10.5 Å². The van der Waals surface area contributed by atoms with Crippen molar-refractivity contribution in [3.05, 3.63) is 0 Å². The van der Waals surface area contributed by atoms with Crippen LogP contribution in [0.5, 0.6) is 0 Å². The molecule has 3 N–H and O–H groups in total. The third-order valence-corrected chi connectivity index (χ3v) is 3.98. The molecule has 0 aromatic heterocycles. The first-order valence-electron chi connectivity index (χ1n) is 7.46. The number of ether oxygens (including phenoxy) is 1. The maximum Gasteiger partial charge on any atom is 0.328 e. The first-order valence-corrected chi connectivity index (χ1v) is 7.46. The van der Waals surface area contributed by atoms with Crippen LogP contribution in [0.2, 0.25) is 0 Å². The first kappa shape index (κ1) is 17.0. The molecule has 1 saturated carbocycles. The smallest absolute Gasteiger partial charge is 0.328 e. The number of hydrogen-bond donors (Lipinski definition) is 2. The van der Waals surface area contributed by atoms with Gasteiger partial charge in [0, 0.05) is 0 Å². The van der Waals surface area contributed by atoms with Gasteiger partial charge in [-0.2, -0.15) is 0 Å². The maximum atomic E-state index is 12.4. The minimum atomic E-state index is -0.846. The number of carbonyl (C=O) groups is 2. The molecule has 20 heavy (non-hydrogen) atoms. The van der Waals surface area contributed by atoms with Crippen LogP contribution in [-0.4, -0.2) is 30.6 Å². The fraction of sp³-hybridized carbons (Fsp3) is 0.867. The number of amides is 1. The summed E-state index contributed by atoms with van der Waals surface area (Å²) >= 11 is 0. The number of methoxy groups -OCH3 is 1. The molecule has 0 heterocycles. The van der Waals surface area contributed by atoms with E-state index in [9.17, 15) is 9.59 Å². The van der Waals surface area contributed by atoms with Crippen LogP contribution >= 0.6 is 0 Å². The number of hydrogen-bond acceptors (Lipinski definition) is 4. The first-order chi connectivity index (χ1) is 9.28. The van der Waals surface area contributed by atoms with Gasteiger partial charge in [0.15, 0.2) is 0 Å². The lowest BCUT2D eigenvalue weighted by Gasteiger charge is -2.36. The predicted octanol–water partition coefficient (Wildman–Crippen LogP) is 1.60. The molecule has 1 aliphatic rings. The van der Waals surface area contributed by atoms with E-state index >= 15 is 0 Å². The number of carbonyl (C=O) groups excluding carboxylic acids is 2. The summed E-state index contributed by atoms with van der Waals surface area (Å²) in [5, 5.41) is 2.79. The van der Waals surface area contributed by atoms with E-state index in [2.05, 4.69) is 12.2 Å². The van der Waals surface area contributed by atoms with Gasteiger partial charge in [0.1, 0.15) is 6.04 Å². The normalized spacial score (nSPS) is 28.0. The van der Waals surface area contributed by atoms with Gasteiger partial charge in [-0.1, -0.05) is 33.6 Å². The summed E-state index contributed by atoms with van der Waals surface area (Å²) in [4.78, 5) is 24.2. The minimum Gasteiger partial charge on any atom is -0.467 e. The Morgan fingerprint density at radius 3 is 2.60 bits per heavy atom. The lowest BCUT2D eigenvalue weighted by atomic mass is 9.76. The zero-order valence-corrected chi connectivity index (χ0v) is 13.1. The highest BCUT2D eigenvalue weighted by atomic mass is 16.5. The SMILES string of the molecule is COC(=O)C(CC(C)C)NC(=O)C1(N)CCCC(C)C1. The second-order valence-electron chi connectivity index (χ2n) is 6.54. The van der Waals surface area contributed by atoms with Gasteiger partial charge in [0.25, 0.3) is 0 Å². The lowest BCUT2D eigenvalue weighted by Crippen LogP contribution is -2.59. The Kier molecular flexibility index (Phi) is 5.99. The Bertz CT molecular complexity index is 357. The largest absolute Gasteiger partial charge is 0.467 e. The van der Waals surface area contributed by atoms with E-state index < -0.39 is 17.6 Å². The van der Waals surface area contributed by atoms with Crippen molar-refractivity contribution in [1.29, 1.82) is 0 Å². The fourth-order valence-corrected chi connectivity index (χ4v) is 2.93. The highest BCUT2D eigenvalue weighted by Crippen LogP contribution is 2.30. The van der Waals surface area contributed by atoms with Crippen LogP contribution < -0.4 is 11.1 Å². The summed E-state index contributed by atoms with van der Waals surface area (Å²) in [7, 11) is 1.34. The molecule has 0 radical (unpaired) electrons. The van der Waals surface area contributed by atoms with E-state index in [0.29, 0.717) is 31.1 Å². The summed E-state index contributed by atoms with van der Waals surface area (Å²) in [6.45, 7) is 6.12. The Hall–Kier alpha value is -1.10. The maximum absolute atomic E-state index is 12.4. The second kappa shape index (κ2) is 7.07. The van der Waals surface area contributed by atoms with Crippen LogP contribution in [0.15, 0.2) is 0 Å². The van der Waals surface area contributed by atoms with Crippen LogP contribution in [0.4, 0.5) is 0 Å². The molecule has 0 saturated heterocycles. The Labute approximate surface area is 121 Å². The molecular weight excluding hydrogens is 256 g/mol. The quantitative estimate of drug-likeness (QED) is 0.751. The molecule has 5 nitrogen and oxygen atoms in total. The topological polar surface area (TPSA) is 81.4 Å². The minimum absolute atomic E-state index is 0.222. The van der Waals surface area contributed by atoms with E-state index in [0.717, 1.165) is 12.8 Å². The molecule has 3 atom stereocenters. The second-order valence-corrected chi connectivity index (χ2v) is 6.54. The summed E-state index contributed by atoms with van der Waals surface area (Å²) in [5.41, 5.74) is 5.40. The van der Waals surface area contributed by atoms with Crippen molar-refractivity contribution in [3.63, 3.8) is 0 Å². The van der Waals surface area contributed by atoms with Crippen molar-refractivity contribution in [3.8, 4) is 0 Å². The van der Waals surface area contributed by atoms with E-state index in [1.807, 2.05) is 13.8 Å². The number of nitrogens with one attached hydrogen (secondary N) is 1. The summed E-state index contributed by atoms with van der Waals surface area (Å²) in [6, 6.07) is -0.606. The van der Waals surface area contributed by atoms with Crippen molar-refractivity contribution in [2.75, 3.05) is 7.11 Å². The zero-order valence-electron chi connectivity index (χ0n) is 13.1. The van der Waals surface area contributed by atoms with Gasteiger partial charge in [0.05, 0.1) is 12.6 Å². The van der Waals surface area contributed by atoms with Crippen molar-refractivity contribution in [1.82, 2.24) is 5.32 Å². The number of rotatable bonds is 5. The molecule has 1 rings (SSSR count). The summed E-state index contributed by atoms with van der Waals surface area (Å²) in [6.07, 6.45) is 3.98. The standard InChI is InChI=1S/C15H28N2O3/c1-10(2)8-12(13(18)20-4)17-14(19)15(16)7-5-6-11(3)9-15/h10-12H,5-9,16H2,1-4H3,(H,17,19). The molecule has 0 aliphatic heterocycles. The van der Waals surface area contributed by atoms with Crippen molar-refractivity contribution in [2.45, 2.75) is 64.5 Å². The van der Waals surface area contributed by atoms with Gasteiger partial charge in [0.2, 0.25) is 5.91 Å². The molecule has 5 heteroatoms. The molecule has 116 valence electrons. The van der Waals surface area contributed by atoms with Crippen molar-refractivity contribution in [2.24, 2.45) is 17.6 Å². The van der Waals surface area contributed by atoms with Crippen LogP contribution in [0, 0.1) is 11.8 Å². The van der Waals surface area contributed by atoms with E-state index in [1.165, 1.54) is 7.11 Å². The van der Waals surface area contributed by atoms with E-state index in [1.54, 1.807) is 0 Å². The molecule has 1 amide bonds. The van der Waals surface area contributed by atoms with Gasteiger partial charge in [-0.25, -0.2) is 4.79 Å². The van der Waals surface area contributed by atoms with Gasteiger partial charge in [-0.15, -0.1) is 0 Å². The highest BCUT2D eigenvalue weighted by Gasteiger charge is 2.39. The molecule has 0 spiro atoms. The van der Waals surface area contributed by atoms with Gasteiger partial charge in [-0.05, 0) is 31.1 Å². The van der Waals surface area contributed by atoms with Gasteiger partial charge >= 0.3 is 5.97 Å². The third-order valence-electron chi connectivity index (χ3n) is 3.98. The third kappa shape index (κ3) is 4.47. The van der Waals surface area contributed by atoms with Crippen molar-refractivity contribution < 1.29 is 14.3 Å². The van der Waals surface area contributed by atoms with Gasteiger partial charge < -0.3 is 15.8 Å². The summed E-state index contributed by atoms with van der Waals surface area (Å²) < 4.78 is 4.76. The zero-order chi connectivity index (χ0) is 15.3. The molecule has 1 fully saturated rings. The molecule has 0 aromatic carbocycles. The summed E-state index contributed by atoms with van der Waals surface area (Å²) in [5.74, 6) is 0.110. The van der Waals surface area contributed by atoms with Crippen LogP contribution in [-0.2, 0) is 14.3 Å². The van der Waals surface area contributed by atoms with Crippen molar-refractivity contribution >= 4 is 11.9 Å². The molecule has 0 aromatic rings. The Morgan fingerprint density at radius 2 is 2.10 bits per heavy atom. The highest BCUT2D eigenvalue weighted by molar-refractivity contribution is 5.90. The van der Waals surface area contributed by atoms with Crippen LogP contribution in [0.3, 0.4) is 0 Å². The Morgan fingerprint density at radius 1 is 1.45 bits per heavy atom. The lowest BCUT2D eigenvalue weighted by molar-refractivity contribution is -0.146. The van der Waals surface area contributed by atoms with Crippen LogP contribution in [0.25, 0.3) is 0 Å². The average molecular weight is 284 g/mol. The van der Waals surface area contributed by atoms with Crippen LogP contribution in [0.1, 0.15) is 52.9 Å². The molecule has 3 unspecified atom stereocenters. The number of nitrogens with two attached hydrogens (primary N) is 1. The predicted molar refractivity (Wildman–Crippen MR) is 78.0 cm³/mol. The molecular formula is C15H28N2O3. The fourth-order valence-electron chi connectivity index (χ4n) is 2.93. The average Bonchev–Trinajstić information content (AvgIpc) is 2.36. The number of esters is 1. The monoisotopic (exact) mass is 284 g/mol. The van der Waals surface area contributed by atoms with E-state index in [-0.39, 0.29) is 5.91 Å².